The Morgan fingerprint density at radius 3 is 2.61 bits per heavy atom. The minimum absolute atomic E-state index is 0. The van der Waals surface area contributed by atoms with Gasteiger partial charge in [0.1, 0.15) is 5.75 Å². The van der Waals surface area contributed by atoms with Gasteiger partial charge in [0.2, 0.25) is 12.7 Å². The summed E-state index contributed by atoms with van der Waals surface area (Å²) in [7, 11) is 4.05. The van der Waals surface area contributed by atoms with Gasteiger partial charge in [0.05, 0.1) is 23.2 Å². The summed E-state index contributed by atoms with van der Waals surface area (Å²) in [6, 6.07) is 13.3. The molecule has 166 valence electrons. The normalized spacial score (nSPS) is 12.1. The molecule has 4 rings (SSSR count). The SMILES string of the molecule is CN(C)CCCN(C(=O)CCOc1ccccc1)c1nc2cc3c(cc2s1)OCO3.Cl. The van der Waals surface area contributed by atoms with Gasteiger partial charge in [0.25, 0.3) is 0 Å². The number of halogens is 1. The van der Waals surface area contributed by atoms with Crippen LogP contribution in [0.3, 0.4) is 0 Å². The van der Waals surface area contributed by atoms with Crippen LogP contribution in [0.2, 0.25) is 0 Å². The van der Waals surface area contributed by atoms with E-state index in [9.17, 15) is 4.79 Å². The lowest BCUT2D eigenvalue weighted by atomic mass is 10.3. The third kappa shape index (κ3) is 5.78. The number of anilines is 1. The largest absolute Gasteiger partial charge is 0.493 e. The molecule has 0 radical (unpaired) electrons. The maximum absolute atomic E-state index is 13.0. The third-order valence-electron chi connectivity index (χ3n) is 4.72. The van der Waals surface area contributed by atoms with E-state index in [2.05, 4.69) is 4.90 Å². The fourth-order valence-electron chi connectivity index (χ4n) is 3.20. The highest BCUT2D eigenvalue weighted by atomic mass is 35.5. The number of aromatic nitrogens is 1. The second-order valence-corrected chi connectivity index (χ2v) is 8.29. The predicted octanol–water partition coefficient (Wildman–Crippen LogP) is 4.20. The standard InChI is InChI=1S/C22H25N3O4S.ClH/c1-24(2)10-6-11-25(21(26)9-12-27-16-7-4-3-5-8-16)22-23-17-13-18-19(29-15-28-18)14-20(17)30-22;/h3-5,7-8,13-14H,6,9-12,15H2,1-2H3;1H. The number of hydrogen-bond donors (Lipinski definition) is 0. The summed E-state index contributed by atoms with van der Waals surface area (Å²) >= 11 is 1.49. The van der Waals surface area contributed by atoms with Gasteiger partial charge in [-0.15, -0.1) is 12.4 Å². The average molecular weight is 464 g/mol. The molecule has 1 aliphatic rings. The molecule has 2 aromatic carbocycles. The molecule has 0 spiro atoms. The highest BCUT2D eigenvalue weighted by Crippen LogP contribution is 2.39. The van der Waals surface area contributed by atoms with Crippen LogP contribution in [0.15, 0.2) is 42.5 Å². The van der Waals surface area contributed by atoms with Crippen LogP contribution in [0.5, 0.6) is 17.2 Å². The van der Waals surface area contributed by atoms with Crippen molar-refractivity contribution in [3.05, 3.63) is 42.5 Å². The Morgan fingerprint density at radius 1 is 1.13 bits per heavy atom. The van der Waals surface area contributed by atoms with Crippen molar-refractivity contribution < 1.29 is 19.0 Å². The fraction of sp³-hybridized carbons (Fsp3) is 0.364. The van der Waals surface area contributed by atoms with E-state index in [0.717, 1.165) is 34.7 Å². The zero-order chi connectivity index (χ0) is 20.9. The van der Waals surface area contributed by atoms with Gasteiger partial charge >= 0.3 is 0 Å². The van der Waals surface area contributed by atoms with Gasteiger partial charge in [-0.2, -0.15) is 0 Å². The second kappa shape index (κ2) is 10.7. The molecule has 3 aromatic rings. The molecular formula is C22H26ClN3O4S. The number of nitrogens with zero attached hydrogens (tertiary/aromatic N) is 3. The Bertz CT molecular complexity index is 972. The van der Waals surface area contributed by atoms with E-state index >= 15 is 0 Å². The molecule has 0 atom stereocenters. The number of rotatable bonds is 9. The topological polar surface area (TPSA) is 64.1 Å². The van der Waals surface area contributed by atoms with E-state index in [-0.39, 0.29) is 31.5 Å². The van der Waals surface area contributed by atoms with Gasteiger partial charge in [0, 0.05) is 18.7 Å². The van der Waals surface area contributed by atoms with E-state index in [0.29, 0.717) is 24.0 Å². The van der Waals surface area contributed by atoms with Crippen molar-refractivity contribution in [1.82, 2.24) is 9.88 Å². The van der Waals surface area contributed by atoms with Gasteiger partial charge < -0.3 is 19.1 Å². The number of ether oxygens (including phenoxy) is 3. The number of amides is 1. The molecule has 0 aliphatic carbocycles. The van der Waals surface area contributed by atoms with Gasteiger partial charge in [-0.05, 0) is 39.2 Å². The highest BCUT2D eigenvalue weighted by molar-refractivity contribution is 7.22. The summed E-state index contributed by atoms with van der Waals surface area (Å²) in [4.78, 5) is 21.6. The van der Waals surface area contributed by atoms with Gasteiger partial charge in [-0.25, -0.2) is 4.98 Å². The quantitative estimate of drug-likeness (QED) is 0.474. The van der Waals surface area contributed by atoms with Crippen LogP contribution < -0.4 is 19.1 Å². The highest BCUT2D eigenvalue weighted by Gasteiger charge is 2.22. The van der Waals surface area contributed by atoms with Crippen LogP contribution in [0.1, 0.15) is 12.8 Å². The summed E-state index contributed by atoms with van der Waals surface area (Å²) in [6.07, 6.45) is 1.15. The molecular weight excluding hydrogens is 438 g/mol. The molecule has 31 heavy (non-hydrogen) atoms. The molecule has 7 nitrogen and oxygen atoms in total. The molecule has 0 N–H and O–H groups in total. The van der Waals surface area contributed by atoms with Crippen molar-refractivity contribution in [3.8, 4) is 17.2 Å². The van der Waals surface area contributed by atoms with Crippen molar-refractivity contribution in [2.24, 2.45) is 0 Å². The summed E-state index contributed by atoms with van der Waals surface area (Å²) in [5, 5.41) is 0.692. The number of hydrogen-bond acceptors (Lipinski definition) is 7. The van der Waals surface area contributed by atoms with Crippen LogP contribution in [0.25, 0.3) is 10.2 Å². The Hall–Kier alpha value is -2.55. The Morgan fingerprint density at radius 2 is 1.87 bits per heavy atom. The third-order valence-corrected chi connectivity index (χ3v) is 5.76. The maximum atomic E-state index is 13.0. The van der Waals surface area contributed by atoms with Gasteiger partial charge in [-0.1, -0.05) is 29.5 Å². The molecule has 0 saturated carbocycles. The number of carbonyl (C=O) groups is 1. The Balaban J connectivity index is 0.00000272. The number of para-hydroxylation sites is 1. The molecule has 1 amide bonds. The molecule has 0 fully saturated rings. The first-order chi connectivity index (χ1) is 14.6. The van der Waals surface area contributed by atoms with Crippen molar-refractivity contribution in [1.29, 1.82) is 0 Å². The molecule has 0 saturated heterocycles. The minimum atomic E-state index is 0. The molecule has 0 unspecified atom stereocenters. The number of benzene rings is 2. The Kier molecular flexibility index (Phi) is 7.95. The van der Waals surface area contributed by atoms with Crippen molar-refractivity contribution in [2.75, 3.05) is 45.5 Å². The van der Waals surface area contributed by atoms with Crippen LogP contribution in [-0.4, -0.2) is 56.4 Å². The monoisotopic (exact) mass is 463 g/mol. The summed E-state index contributed by atoms with van der Waals surface area (Å²) in [6.45, 7) is 2.06. The minimum Gasteiger partial charge on any atom is -0.493 e. The fourth-order valence-corrected chi connectivity index (χ4v) is 4.22. The lowest BCUT2D eigenvalue weighted by Crippen LogP contribution is -2.34. The molecule has 1 aromatic heterocycles. The molecule has 2 heterocycles. The molecule has 9 heteroatoms. The van der Waals surface area contributed by atoms with Crippen LogP contribution in [0, 0.1) is 0 Å². The zero-order valence-corrected chi connectivity index (χ0v) is 19.2. The first kappa shape index (κ1) is 23.1. The summed E-state index contributed by atoms with van der Waals surface area (Å²) in [5.74, 6) is 2.18. The van der Waals surface area contributed by atoms with E-state index in [4.69, 9.17) is 19.2 Å². The molecule has 0 bridgehead atoms. The number of carbonyl (C=O) groups excluding carboxylic acids is 1. The van der Waals surface area contributed by atoms with E-state index < -0.39 is 0 Å². The zero-order valence-electron chi connectivity index (χ0n) is 17.6. The smallest absolute Gasteiger partial charge is 0.232 e. The first-order valence-electron chi connectivity index (χ1n) is 9.93. The van der Waals surface area contributed by atoms with E-state index in [1.54, 1.807) is 4.90 Å². The summed E-state index contributed by atoms with van der Waals surface area (Å²) < 4.78 is 17.6. The van der Waals surface area contributed by atoms with E-state index in [1.807, 2.05) is 56.6 Å². The van der Waals surface area contributed by atoms with Crippen LogP contribution >= 0.6 is 23.7 Å². The second-order valence-electron chi connectivity index (χ2n) is 7.28. The van der Waals surface area contributed by atoms with Crippen molar-refractivity contribution >= 4 is 45.0 Å². The Labute approximate surface area is 191 Å². The lowest BCUT2D eigenvalue weighted by Gasteiger charge is -2.21. The van der Waals surface area contributed by atoms with E-state index in [1.165, 1.54) is 11.3 Å². The maximum Gasteiger partial charge on any atom is 0.232 e. The van der Waals surface area contributed by atoms with Gasteiger partial charge in [-0.3, -0.25) is 9.69 Å². The first-order valence-corrected chi connectivity index (χ1v) is 10.7. The molecule has 1 aliphatic heterocycles. The van der Waals surface area contributed by atoms with Gasteiger partial charge in [0.15, 0.2) is 16.6 Å². The number of thiazole rings is 1. The van der Waals surface area contributed by atoms with Crippen LogP contribution in [-0.2, 0) is 4.79 Å². The summed E-state index contributed by atoms with van der Waals surface area (Å²) in [5.41, 5.74) is 0.810. The van der Waals surface area contributed by atoms with Crippen molar-refractivity contribution in [2.45, 2.75) is 12.8 Å². The lowest BCUT2D eigenvalue weighted by molar-refractivity contribution is -0.119. The van der Waals surface area contributed by atoms with Crippen molar-refractivity contribution in [3.63, 3.8) is 0 Å². The average Bonchev–Trinajstić information content (AvgIpc) is 3.35. The predicted molar refractivity (Wildman–Crippen MR) is 125 cm³/mol. The van der Waals surface area contributed by atoms with Crippen LogP contribution in [0.4, 0.5) is 5.13 Å². The number of fused-ring (bicyclic) bond motifs is 2.